The van der Waals surface area contributed by atoms with Gasteiger partial charge in [-0.25, -0.2) is 9.97 Å². The molecule has 1 fully saturated rings. The van der Waals surface area contributed by atoms with Gasteiger partial charge in [-0.3, -0.25) is 4.79 Å². The lowest BCUT2D eigenvalue weighted by molar-refractivity contribution is 0.0746. The fourth-order valence-electron chi connectivity index (χ4n) is 4.38. The lowest BCUT2D eigenvalue weighted by atomic mass is 10.0. The summed E-state index contributed by atoms with van der Waals surface area (Å²) in [5, 5.41) is 1.12. The molecule has 2 aromatic carbocycles. The number of hydrogen-bond donors (Lipinski definition) is 0. The number of carbonyl (C=O) groups excluding carboxylic acids is 1. The van der Waals surface area contributed by atoms with Crippen molar-refractivity contribution in [2.75, 3.05) is 50.1 Å². The highest BCUT2D eigenvalue weighted by Gasteiger charge is 2.24. The minimum Gasteiger partial charge on any atom is -0.378 e. The summed E-state index contributed by atoms with van der Waals surface area (Å²) in [6.45, 7) is 5.07. The van der Waals surface area contributed by atoms with Crippen LogP contribution in [-0.4, -0.2) is 61.0 Å². The summed E-state index contributed by atoms with van der Waals surface area (Å²) in [4.78, 5) is 30.8. The lowest BCUT2D eigenvalue weighted by Gasteiger charge is -2.35. The van der Waals surface area contributed by atoms with Gasteiger partial charge in [0.05, 0.1) is 5.39 Å². The average Bonchev–Trinajstić information content (AvgIpc) is 3.32. The third kappa shape index (κ3) is 4.35. The molecule has 174 valence electrons. The number of anilines is 2. The molecule has 0 bridgehead atoms. The van der Waals surface area contributed by atoms with Gasteiger partial charge >= 0.3 is 0 Å². The molecule has 1 aliphatic heterocycles. The molecule has 7 heteroatoms. The molecule has 6 nitrogen and oxygen atoms in total. The van der Waals surface area contributed by atoms with Gasteiger partial charge in [-0.15, -0.1) is 11.3 Å². The van der Waals surface area contributed by atoms with Crippen molar-refractivity contribution in [3.05, 3.63) is 71.4 Å². The summed E-state index contributed by atoms with van der Waals surface area (Å²) in [6, 6.07) is 18.6. The fourth-order valence-corrected chi connectivity index (χ4v) is 5.31. The summed E-state index contributed by atoms with van der Waals surface area (Å²) in [7, 11) is 4.07. The summed E-state index contributed by atoms with van der Waals surface area (Å²) in [6.07, 6.45) is 2.66. The summed E-state index contributed by atoms with van der Waals surface area (Å²) >= 11 is 1.74. The number of nitrogens with zero attached hydrogens (tertiary/aromatic N) is 5. The number of aromatic nitrogens is 2. The quantitative estimate of drug-likeness (QED) is 0.412. The highest BCUT2D eigenvalue weighted by Crippen LogP contribution is 2.31. The van der Waals surface area contributed by atoms with Crippen LogP contribution in [0, 0.1) is 0 Å². The van der Waals surface area contributed by atoms with Crippen LogP contribution in [0.3, 0.4) is 0 Å². The fraction of sp³-hybridized carbons (Fsp3) is 0.296. The molecule has 0 atom stereocenters. The van der Waals surface area contributed by atoms with E-state index >= 15 is 0 Å². The maximum absolute atomic E-state index is 13.1. The van der Waals surface area contributed by atoms with Crippen LogP contribution >= 0.6 is 11.3 Å². The van der Waals surface area contributed by atoms with Crippen molar-refractivity contribution in [3.63, 3.8) is 0 Å². The Morgan fingerprint density at radius 2 is 1.59 bits per heavy atom. The predicted octanol–water partition coefficient (Wildman–Crippen LogP) is 4.95. The van der Waals surface area contributed by atoms with E-state index in [-0.39, 0.29) is 5.91 Å². The summed E-state index contributed by atoms with van der Waals surface area (Å²) in [5.74, 6) is 1.07. The van der Waals surface area contributed by atoms with E-state index in [9.17, 15) is 4.79 Å². The molecule has 0 aliphatic carbocycles. The van der Waals surface area contributed by atoms with Gasteiger partial charge in [-0.2, -0.15) is 0 Å². The van der Waals surface area contributed by atoms with E-state index in [4.69, 9.17) is 0 Å². The number of piperazine rings is 1. The Kier molecular flexibility index (Phi) is 6.20. The highest BCUT2D eigenvalue weighted by molar-refractivity contribution is 7.18. The Labute approximate surface area is 204 Å². The van der Waals surface area contributed by atoms with Crippen molar-refractivity contribution in [2.24, 2.45) is 0 Å². The second-order valence-electron chi connectivity index (χ2n) is 8.78. The first-order valence-corrected chi connectivity index (χ1v) is 12.5. The maximum atomic E-state index is 13.1. The van der Waals surface area contributed by atoms with Crippen LogP contribution in [-0.2, 0) is 6.42 Å². The van der Waals surface area contributed by atoms with E-state index in [1.807, 2.05) is 43.3 Å². The monoisotopic (exact) mass is 471 g/mol. The van der Waals surface area contributed by atoms with Crippen LogP contribution in [0.15, 0.2) is 60.9 Å². The van der Waals surface area contributed by atoms with E-state index < -0.39 is 0 Å². The molecule has 2 aromatic heterocycles. The highest BCUT2D eigenvalue weighted by atomic mass is 32.1. The van der Waals surface area contributed by atoms with Gasteiger partial charge in [0.2, 0.25) is 0 Å². The Balaban J connectivity index is 1.25. The molecule has 0 unspecified atom stereocenters. The zero-order chi connectivity index (χ0) is 23.7. The number of amides is 1. The number of aryl methyl sites for hydroxylation is 1. The molecule has 0 N–H and O–H groups in total. The van der Waals surface area contributed by atoms with E-state index in [2.05, 4.69) is 57.0 Å². The Hall–Kier alpha value is -3.45. The molecule has 1 aliphatic rings. The van der Waals surface area contributed by atoms with Gasteiger partial charge < -0.3 is 14.7 Å². The maximum Gasteiger partial charge on any atom is 0.253 e. The molecule has 0 spiro atoms. The first-order valence-electron chi connectivity index (χ1n) is 11.7. The number of hydrogen-bond acceptors (Lipinski definition) is 6. The molecule has 1 amide bonds. The molecular formula is C27H29N5OS. The van der Waals surface area contributed by atoms with Crippen molar-refractivity contribution >= 4 is 39.0 Å². The molecular weight excluding hydrogens is 442 g/mol. The molecule has 3 heterocycles. The van der Waals surface area contributed by atoms with Crippen LogP contribution in [0.1, 0.15) is 22.2 Å². The van der Waals surface area contributed by atoms with Gasteiger partial charge in [0.15, 0.2) is 0 Å². The number of rotatable bonds is 5. The minimum atomic E-state index is 0.0887. The van der Waals surface area contributed by atoms with E-state index in [0.717, 1.165) is 52.2 Å². The van der Waals surface area contributed by atoms with Crippen LogP contribution in [0.4, 0.5) is 11.5 Å². The Morgan fingerprint density at radius 3 is 2.21 bits per heavy atom. The first kappa shape index (κ1) is 22.3. The topological polar surface area (TPSA) is 52.6 Å². The lowest BCUT2D eigenvalue weighted by Crippen LogP contribution is -2.49. The number of carbonyl (C=O) groups is 1. The smallest absolute Gasteiger partial charge is 0.253 e. The Morgan fingerprint density at radius 1 is 0.941 bits per heavy atom. The van der Waals surface area contributed by atoms with Gasteiger partial charge in [-0.05, 0) is 47.9 Å². The largest absolute Gasteiger partial charge is 0.378 e. The van der Waals surface area contributed by atoms with Gasteiger partial charge in [0.1, 0.15) is 17.0 Å². The molecule has 1 saturated heterocycles. The van der Waals surface area contributed by atoms with Crippen LogP contribution in [0.2, 0.25) is 0 Å². The molecule has 5 rings (SSSR count). The molecule has 34 heavy (non-hydrogen) atoms. The van der Waals surface area contributed by atoms with Crippen LogP contribution in [0.25, 0.3) is 21.3 Å². The number of thiophene rings is 1. The van der Waals surface area contributed by atoms with Gasteiger partial charge in [0.25, 0.3) is 5.91 Å². The summed E-state index contributed by atoms with van der Waals surface area (Å²) < 4.78 is 0. The number of fused-ring (bicyclic) bond motifs is 1. The first-order chi connectivity index (χ1) is 16.5. The van der Waals surface area contributed by atoms with E-state index in [0.29, 0.717) is 13.1 Å². The standard InChI is InChI=1S/C27H29N5OS/c1-4-23-17-24-25(28-18-29-26(24)34-23)31-13-15-32(16-14-31)27(33)21-7-5-19(6-8-21)20-9-11-22(12-10-20)30(2)3/h5-12,17-18H,4,13-16H2,1-3H3. The van der Waals surface area contributed by atoms with Crippen molar-refractivity contribution in [1.82, 2.24) is 14.9 Å². The van der Waals surface area contributed by atoms with Crippen LogP contribution < -0.4 is 9.80 Å². The second-order valence-corrected chi connectivity index (χ2v) is 9.90. The molecule has 0 saturated carbocycles. The van der Waals surface area contributed by atoms with Crippen LogP contribution in [0.5, 0.6) is 0 Å². The minimum absolute atomic E-state index is 0.0887. The van der Waals surface area contributed by atoms with E-state index in [1.54, 1.807) is 17.7 Å². The zero-order valence-electron chi connectivity index (χ0n) is 19.9. The third-order valence-corrected chi connectivity index (χ3v) is 7.61. The SMILES string of the molecule is CCc1cc2c(N3CCN(C(=O)c4ccc(-c5ccc(N(C)C)cc5)cc4)CC3)ncnc2s1. The Bertz CT molecular complexity index is 1290. The molecule has 4 aromatic rings. The third-order valence-electron chi connectivity index (χ3n) is 6.42. The van der Waals surface area contributed by atoms with Crippen molar-refractivity contribution in [1.29, 1.82) is 0 Å². The number of benzene rings is 2. The van der Waals surface area contributed by atoms with Gasteiger partial charge in [-0.1, -0.05) is 31.2 Å². The second kappa shape index (κ2) is 9.43. The van der Waals surface area contributed by atoms with Crippen molar-refractivity contribution in [3.8, 4) is 11.1 Å². The zero-order valence-corrected chi connectivity index (χ0v) is 20.7. The van der Waals surface area contributed by atoms with Crippen molar-refractivity contribution in [2.45, 2.75) is 13.3 Å². The van der Waals surface area contributed by atoms with Crippen molar-refractivity contribution < 1.29 is 4.79 Å². The summed E-state index contributed by atoms with van der Waals surface area (Å²) in [5.41, 5.74) is 4.16. The average molecular weight is 472 g/mol. The van der Waals surface area contributed by atoms with Gasteiger partial charge in [0, 0.05) is 56.4 Å². The molecule has 0 radical (unpaired) electrons. The predicted molar refractivity (Wildman–Crippen MR) is 141 cm³/mol. The normalized spacial score (nSPS) is 14.0. The van der Waals surface area contributed by atoms with E-state index in [1.165, 1.54) is 10.6 Å².